The quantitative estimate of drug-likeness (QED) is 0.440. The predicted octanol–water partition coefficient (Wildman–Crippen LogP) is 3.65. The van der Waals surface area contributed by atoms with Crippen molar-refractivity contribution in [1.29, 1.82) is 5.39 Å². The van der Waals surface area contributed by atoms with Gasteiger partial charge in [0.2, 0.25) is 5.39 Å². The Bertz CT molecular complexity index is 294. The second-order valence-corrected chi connectivity index (χ2v) is 4.59. The summed E-state index contributed by atoms with van der Waals surface area (Å²) in [6.45, 7) is 8.77. The molecule has 0 spiro atoms. The van der Waals surface area contributed by atoms with Gasteiger partial charge in [-0.1, -0.05) is 19.1 Å². The maximum absolute atomic E-state index is 9.71. The van der Waals surface area contributed by atoms with E-state index < -0.39 is 0 Å². The lowest BCUT2D eigenvalue weighted by atomic mass is 10.1. The highest BCUT2D eigenvalue weighted by Gasteiger charge is 2.24. The van der Waals surface area contributed by atoms with E-state index in [2.05, 4.69) is 24.1 Å². The molecule has 0 rings (SSSR count). The Morgan fingerprint density at radius 3 is 2.44 bits per heavy atom. The van der Waals surface area contributed by atoms with E-state index in [4.69, 9.17) is 5.39 Å². The summed E-state index contributed by atoms with van der Waals surface area (Å²) >= 11 is 0. The molecule has 0 fully saturated rings. The number of diazo groups is 1. The highest BCUT2D eigenvalue weighted by Crippen LogP contribution is 2.18. The first-order valence-electron chi connectivity index (χ1n) is 5.59. The van der Waals surface area contributed by atoms with Crippen molar-refractivity contribution in [2.24, 2.45) is 0 Å². The normalized spacial score (nSPS) is 12.8. The maximum atomic E-state index is 9.71. The highest BCUT2D eigenvalue weighted by atomic mass is 16.3. The van der Waals surface area contributed by atoms with Gasteiger partial charge in [-0.2, -0.15) is 0 Å². The van der Waals surface area contributed by atoms with Gasteiger partial charge in [-0.15, -0.1) is 0 Å². The first kappa shape index (κ1) is 14.5. The van der Waals surface area contributed by atoms with Crippen molar-refractivity contribution in [1.82, 2.24) is 4.90 Å². The minimum absolute atomic E-state index is 0.0140. The molecule has 4 heteroatoms. The van der Waals surface area contributed by atoms with Crippen molar-refractivity contribution >= 4 is 0 Å². The van der Waals surface area contributed by atoms with Crippen LogP contribution in [0.15, 0.2) is 24.2 Å². The monoisotopic (exact) mass is 224 g/mol. The fourth-order valence-corrected chi connectivity index (χ4v) is 1.40. The van der Waals surface area contributed by atoms with Gasteiger partial charge >= 0.3 is 6.20 Å². The summed E-state index contributed by atoms with van der Waals surface area (Å²) in [4.78, 5) is 4.64. The van der Waals surface area contributed by atoms with Crippen molar-refractivity contribution in [3.8, 4) is 0 Å². The first-order valence-corrected chi connectivity index (χ1v) is 5.59. The van der Waals surface area contributed by atoms with Crippen LogP contribution in [0, 0.1) is 5.39 Å². The third-order valence-corrected chi connectivity index (χ3v) is 2.18. The fourth-order valence-electron chi connectivity index (χ4n) is 1.40. The van der Waals surface area contributed by atoms with E-state index in [0.717, 1.165) is 19.0 Å². The van der Waals surface area contributed by atoms with Crippen LogP contribution in [0.5, 0.6) is 0 Å². The first-order chi connectivity index (χ1) is 7.43. The molecule has 0 aromatic heterocycles. The minimum atomic E-state index is -0.203. The molecule has 0 amide bonds. The molecule has 4 nitrogen and oxygen atoms in total. The van der Waals surface area contributed by atoms with Gasteiger partial charge < -0.3 is 10.0 Å². The molecule has 0 bridgehead atoms. The Labute approximate surface area is 97.9 Å². The molecule has 0 aromatic carbocycles. The van der Waals surface area contributed by atoms with Crippen LogP contribution in [0.25, 0.3) is 4.98 Å². The minimum Gasteiger partial charge on any atom is -0.489 e. The lowest BCUT2D eigenvalue weighted by Crippen LogP contribution is -2.41. The molecule has 1 N–H and O–H groups in total. The molecule has 0 saturated carbocycles. The largest absolute Gasteiger partial charge is 0.489 e. The van der Waals surface area contributed by atoms with Crippen LogP contribution in [0.4, 0.5) is 0 Å². The Kier molecular flexibility index (Phi) is 6.24. The van der Waals surface area contributed by atoms with E-state index in [0.29, 0.717) is 6.54 Å². The van der Waals surface area contributed by atoms with Gasteiger partial charge in [-0.3, -0.25) is 0 Å². The van der Waals surface area contributed by atoms with Gasteiger partial charge in [-0.05, 0) is 33.6 Å². The van der Waals surface area contributed by atoms with Crippen LogP contribution >= 0.6 is 0 Å². The van der Waals surface area contributed by atoms with Crippen LogP contribution in [-0.2, 0) is 0 Å². The number of allylic oxidation sites excluding steroid dienone is 1. The van der Waals surface area contributed by atoms with Gasteiger partial charge in [0.15, 0.2) is 4.98 Å². The Balaban J connectivity index is 4.53. The lowest BCUT2D eigenvalue weighted by molar-refractivity contribution is 0.109. The maximum Gasteiger partial charge on any atom is 0.409 e. The summed E-state index contributed by atoms with van der Waals surface area (Å²) in [5, 5.41) is 18.1. The second kappa shape index (κ2) is 6.89. The van der Waals surface area contributed by atoms with Gasteiger partial charge in [0.05, 0.1) is 0 Å². The summed E-state index contributed by atoms with van der Waals surface area (Å²) in [6.07, 6.45) is 7.10. The van der Waals surface area contributed by atoms with Crippen molar-refractivity contribution in [3.05, 3.63) is 29.2 Å². The molecular formula is C12H22N3O+. The number of hydrogen-bond acceptors (Lipinski definition) is 3. The molecule has 0 heterocycles. The summed E-state index contributed by atoms with van der Waals surface area (Å²) in [5.41, 5.74) is -0.203. The van der Waals surface area contributed by atoms with Crippen molar-refractivity contribution < 1.29 is 5.11 Å². The average molecular weight is 224 g/mol. The van der Waals surface area contributed by atoms with Crippen molar-refractivity contribution in [3.63, 3.8) is 0 Å². The summed E-state index contributed by atoms with van der Waals surface area (Å²) in [6, 6.07) is 0. The summed E-state index contributed by atoms with van der Waals surface area (Å²) in [7, 11) is 0. The van der Waals surface area contributed by atoms with E-state index in [1.165, 1.54) is 0 Å². The number of aliphatic hydroxyl groups excluding tert-OH is 1. The van der Waals surface area contributed by atoms with Gasteiger partial charge in [0.1, 0.15) is 0 Å². The lowest BCUT2D eigenvalue weighted by Gasteiger charge is -2.34. The van der Waals surface area contributed by atoms with Crippen molar-refractivity contribution in [2.75, 3.05) is 6.54 Å². The van der Waals surface area contributed by atoms with E-state index >= 15 is 0 Å². The topological polar surface area (TPSA) is 51.6 Å². The van der Waals surface area contributed by atoms with Gasteiger partial charge in [0, 0.05) is 12.1 Å². The Morgan fingerprint density at radius 2 is 2.00 bits per heavy atom. The Morgan fingerprint density at radius 1 is 1.38 bits per heavy atom. The molecule has 0 radical (unpaired) electrons. The number of nitrogens with zero attached hydrogens (tertiary/aromatic N) is 3. The third-order valence-electron chi connectivity index (χ3n) is 2.18. The molecule has 0 aliphatic rings. The zero-order chi connectivity index (χ0) is 12.6. The zero-order valence-corrected chi connectivity index (χ0v) is 10.6. The molecule has 0 aliphatic carbocycles. The molecular weight excluding hydrogens is 202 g/mol. The van der Waals surface area contributed by atoms with Crippen molar-refractivity contribution in [2.45, 2.75) is 46.1 Å². The smallest absolute Gasteiger partial charge is 0.409 e. The van der Waals surface area contributed by atoms with Crippen LogP contribution in [0.2, 0.25) is 0 Å². The van der Waals surface area contributed by atoms with Gasteiger partial charge in [0.25, 0.3) is 5.88 Å². The number of hydrogen-bond donors (Lipinski definition) is 1. The molecule has 90 valence electrons. The van der Waals surface area contributed by atoms with E-state index in [-0.39, 0.29) is 11.4 Å². The second-order valence-electron chi connectivity index (χ2n) is 4.59. The highest BCUT2D eigenvalue weighted by molar-refractivity contribution is 5.00. The third kappa shape index (κ3) is 5.40. The van der Waals surface area contributed by atoms with E-state index in [1.807, 2.05) is 20.8 Å². The Hall–Kier alpha value is -1.50. The van der Waals surface area contributed by atoms with Crippen LogP contribution in [0.3, 0.4) is 0 Å². The molecule has 0 atom stereocenters. The molecule has 0 unspecified atom stereocenters. The SMILES string of the molecule is CC/C=C\CCN(/C(O)=C/[N+]#N)C(C)(C)C. The standard InChI is InChI=1S/C12H21N3O/c1-5-6-7-8-9-15(12(2,3)4)11(16)10-14-13/h6-7,10H,5,8-9H2,1-4H3/p+1/b7-6-,11-10-. The van der Waals surface area contributed by atoms with E-state index in [9.17, 15) is 5.11 Å². The molecule has 0 aromatic rings. The number of rotatable bonds is 5. The molecule has 0 saturated heterocycles. The van der Waals surface area contributed by atoms with E-state index in [1.54, 1.807) is 4.90 Å². The predicted molar refractivity (Wildman–Crippen MR) is 66.3 cm³/mol. The summed E-state index contributed by atoms with van der Waals surface area (Å²) < 4.78 is 0. The van der Waals surface area contributed by atoms with Crippen LogP contribution in [0.1, 0.15) is 40.5 Å². The van der Waals surface area contributed by atoms with Crippen LogP contribution < -0.4 is 0 Å². The fraction of sp³-hybridized carbons (Fsp3) is 0.667. The average Bonchev–Trinajstić information content (AvgIpc) is 2.16. The molecule has 16 heavy (non-hydrogen) atoms. The number of aliphatic hydroxyl groups is 1. The summed E-state index contributed by atoms with van der Waals surface area (Å²) in [5.74, 6) is -0.0140. The van der Waals surface area contributed by atoms with Gasteiger partial charge in [-0.25, -0.2) is 0 Å². The molecule has 0 aliphatic heterocycles. The van der Waals surface area contributed by atoms with Crippen LogP contribution in [-0.4, -0.2) is 22.1 Å². The zero-order valence-electron chi connectivity index (χ0n) is 10.6.